The maximum absolute atomic E-state index is 3.58. The highest BCUT2D eigenvalue weighted by molar-refractivity contribution is 5.91. The molecule has 0 unspecified atom stereocenters. The van der Waals surface area contributed by atoms with Crippen LogP contribution in [-0.4, -0.2) is 0 Å². The molecule has 0 fully saturated rings. The molecule has 0 saturated carbocycles. The SMILES string of the molecule is C1=C(Nc2ccccc2)c2ccccc2Cc2ccccc21. The third kappa shape index (κ3) is 2.42. The van der Waals surface area contributed by atoms with Crippen LogP contribution in [0.15, 0.2) is 78.9 Å². The van der Waals surface area contributed by atoms with Crippen LogP contribution in [0.3, 0.4) is 0 Å². The van der Waals surface area contributed by atoms with E-state index in [0.717, 1.165) is 17.8 Å². The molecule has 0 bridgehead atoms. The fraction of sp³-hybridized carbons (Fsp3) is 0.0476. The second-order valence-electron chi connectivity index (χ2n) is 5.58. The summed E-state index contributed by atoms with van der Waals surface area (Å²) in [4.78, 5) is 0. The molecule has 4 rings (SSSR count). The van der Waals surface area contributed by atoms with E-state index in [-0.39, 0.29) is 0 Å². The van der Waals surface area contributed by atoms with E-state index < -0.39 is 0 Å². The van der Waals surface area contributed by atoms with Gasteiger partial charge < -0.3 is 5.32 Å². The van der Waals surface area contributed by atoms with Crippen LogP contribution in [0.2, 0.25) is 0 Å². The summed E-state index contributed by atoms with van der Waals surface area (Å²) >= 11 is 0. The third-order valence-electron chi connectivity index (χ3n) is 4.10. The molecule has 22 heavy (non-hydrogen) atoms. The molecule has 1 nitrogen and oxygen atoms in total. The summed E-state index contributed by atoms with van der Waals surface area (Å²) in [7, 11) is 0. The topological polar surface area (TPSA) is 12.0 Å². The smallest absolute Gasteiger partial charge is 0.0466 e. The van der Waals surface area contributed by atoms with Crippen molar-refractivity contribution in [3.8, 4) is 0 Å². The summed E-state index contributed by atoms with van der Waals surface area (Å²) in [5, 5.41) is 3.58. The second kappa shape index (κ2) is 5.53. The van der Waals surface area contributed by atoms with E-state index in [1.54, 1.807) is 0 Å². The van der Waals surface area contributed by atoms with Gasteiger partial charge in [-0.25, -0.2) is 0 Å². The molecule has 3 aromatic rings. The molecule has 0 saturated heterocycles. The van der Waals surface area contributed by atoms with Crippen molar-refractivity contribution in [2.24, 2.45) is 0 Å². The lowest BCUT2D eigenvalue weighted by molar-refractivity contribution is 1.18. The zero-order chi connectivity index (χ0) is 14.8. The van der Waals surface area contributed by atoms with E-state index in [1.807, 2.05) is 6.07 Å². The molecule has 0 atom stereocenters. The Kier molecular flexibility index (Phi) is 3.24. The van der Waals surface area contributed by atoms with Crippen LogP contribution in [0.4, 0.5) is 5.69 Å². The lowest BCUT2D eigenvalue weighted by atomic mass is 9.99. The van der Waals surface area contributed by atoms with Gasteiger partial charge in [0, 0.05) is 16.9 Å². The molecule has 106 valence electrons. The molecule has 3 aromatic carbocycles. The average molecular weight is 283 g/mol. The number of anilines is 1. The van der Waals surface area contributed by atoms with Crippen molar-refractivity contribution in [2.45, 2.75) is 6.42 Å². The van der Waals surface area contributed by atoms with Crippen molar-refractivity contribution in [1.82, 2.24) is 0 Å². The first-order valence-electron chi connectivity index (χ1n) is 7.60. The van der Waals surface area contributed by atoms with Gasteiger partial charge in [0.05, 0.1) is 0 Å². The lowest BCUT2D eigenvalue weighted by Gasteiger charge is -2.13. The Bertz CT molecular complexity index is 831. The molecule has 0 radical (unpaired) electrons. The van der Waals surface area contributed by atoms with E-state index >= 15 is 0 Å². The summed E-state index contributed by atoms with van der Waals surface area (Å²) in [6.07, 6.45) is 3.23. The summed E-state index contributed by atoms with van der Waals surface area (Å²) in [5.74, 6) is 0. The fourth-order valence-corrected chi connectivity index (χ4v) is 2.99. The number of rotatable bonds is 2. The molecule has 0 spiro atoms. The van der Waals surface area contributed by atoms with Crippen LogP contribution in [0, 0.1) is 0 Å². The van der Waals surface area contributed by atoms with Crippen molar-refractivity contribution < 1.29 is 0 Å². The quantitative estimate of drug-likeness (QED) is 0.681. The van der Waals surface area contributed by atoms with Crippen LogP contribution in [-0.2, 0) is 6.42 Å². The molecule has 0 aliphatic heterocycles. The Balaban J connectivity index is 1.85. The van der Waals surface area contributed by atoms with Gasteiger partial charge in [-0.1, -0.05) is 66.7 Å². The first kappa shape index (κ1) is 12.9. The molecule has 1 aliphatic rings. The molecule has 0 aromatic heterocycles. The minimum absolute atomic E-state index is 0.975. The minimum atomic E-state index is 0.975. The van der Waals surface area contributed by atoms with Crippen LogP contribution in [0.25, 0.3) is 11.8 Å². The molecule has 1 aliphatic carbocycles. The largest absolute Gasteiger partial charge is 0.355 e. The van der Waals surface area contributed by atoms with E-state index in [2.05, 4.69) is 84.2 Å². The Morgan fingerprint density at radius 1 is 0.636 bits per heavy atom. The zero-order valence-corrected chi connectivity index (χ0v) is 12.3. The Labute approximate surface area is 130 Å². The Morgan fingerprint density at radius 3 is 2.18 bits per heavy atom. The number of para-hydroxylation sites is 1. The summed E-state index contributed by atoms with van der Waals surface area (Å²) in [6.45, 7) is 0. The Morgan fingerprint density at radius 2 is 1.32 bits per heavy atom. The van der Waals surface area contributed by atoms with Crippen LogP contribution in [0.1, 0.15) is 22.3 Å². The second-order valence-corrected chi connectivity index (χ2v) is 5.58. The number of hydrogen-bond donors (Lipinski definition) is 1. The van der Waals surface area contributed by atoms with Gasteiger partial charge in [0.25, 0.3) is 0 Å². The van der Waals surface area contributed by atoms with Crippen molar-refractivity contribution in [2.75, 3.05) is 5.32 Å². The monoisotopic (exact) mass is 283 g/mol. The van der Waals surface area contributed by atoms with Crippen molar-refractivity contribution in [3.63, 3.8) is 0 Å². The number of fused-ring (bicyclic) bond motifs is 2. The minimum Gasteiger partial charge on any atom is -0.355 e. The lowest BCUT2D eigenvalue weighted by Crippen LogP contribution is -2.00. The molecule has 1 heteroatoms. The van der Waals surface area contributed by atoms with Gasteiger partial charge in [0.2, 0.25) is 0 Å². The van der Waals surface area contributed by atoms with Gasteiger partial charge >= 0.3 is 0 Å². The summed E-state index contributed by atoms with van der Waals surface area (Å²) in [5.41, 5.74) is 7.58. The highest BCUT2D eigenvalue weighted by Gasteiger charge is 2.14. The van der Waals surface area contributed by atoms with E-state index in [0.29, 0.717) is 0 Å². The number of hydrogen-bond acceptors (Lipinski definition) is 1. The maximum atomic E-state index is 3.58. The van der Waals surface area contributed by atoms with Gasteiger partial charge in [-0.15, -0.1) is 0 Å². The first-order valence-corrected chi connectivity index (χ1v) is 7.60. The zero-order valence-electron chi connectivity index (χ0n) is 12.3. The van der Waals surface area contributed by atoms with Gasteiger partial charge in [0.1, 0.15) is 0 Å². The number of benzene rings is 3. The number of nitrogens with one attached hydrogen (secondary N) is 1. The standard InChI is InChI=1S/C21H17N/c1-2-11-19(12-3-1)22-21-15-17-9-5-4-8-16(17)14-18-10-6-7-13-20(18)21/h1-13,15,22H,14H2. The highest BCUT2D eigenvalue weighted by atomic mass is 14.9. The van der Waals surface area contributed by atoms with Crippen molar-refractivity contribution in [3.05, 3.63) is 101 Å². The molecule has 0 heterocycles. The van der Waals surface area contributed by atoms with Gasteiger partial charge in [0.15, 0.2) is 0 Å². The van der Waals surface area contributed by atoms with Gasteiger partial charge in [-0.05, 0) is 41.3 Å². The Hall–Kier alpha value is -2.80. The van der Waals surface area contributed by atoms with Gasteiger partial charge in [-0.2, -0.15) is 0 Å². The summed E-state index contributed by atoms with van der Waals surface area (Å²) < 4.78 is 0. The van der Waals surface area contributed by atoms with Gasteiger partial charge in [-0.3, -0.25) is 0 Å². The normalized spacial score (nSPS) is 12.6. The molecule has 0 amide bonds. The highest BCUT2D eigenvalue weighted by Crippen LogP contribution is 2.30. The van der Waals surface area contributed by atoms with Crippen LogP contribution in [0.5, 0.6) is 0 Å². The predicted octanol–water partition coefficient (Wildman–Crippen LogP) is 5.20. The van der Waals surface area contributed by atoms with Crippen LogP contribution < -0.4 is 5.32 Å². The first-order chi connectivity index (χ1) is 10.9. The average Bonchev–Trinajstić information content (AvgIpc) is 2.72. The molecule has 1 N–H and O–H groups in total. The predicted molar refractivity (Wildman–Crippen MR) is 93.6 cm³/mol. The van der Waals surface area contributed by atoms with Crippen molar-refractivity contribution >= 4 is 17.5 Å². The van der Waals surface area contributed by atoms with E-state index in [4.69, 9.17) is 0 Å². The van der Waals surface area contributed by atoms with E-state index in [1.165, 1.54) is 22.3 Å². The maximum Gasteiger partial charge on any atom is 0.0466 e. The van der Waals surface area contributed by atoms with Crippen molar-refractivity contribution in [1.29, 1.82) is 0 Å². The summed E-state index contributed by atoms with van der Waals surface area (Å²) in [6, 6.07) is 27.6. The van der Waals surface area contributed by atoms with Crippen LogP contribution >= 0.6 is 0 Å². The molecular formula is C21H17N. The third-order valence-corrected chi connectivity index (χ3v) is 4.10. The van der Waals surface area contributed by atoms with E-state index in [9.17, 15) is 0 Å². The molecular weight excluding hydrogens is 266 g/mol. The fourth-order valence-electron chi connectivity index (χ4n) is 2.99.